The lowest BCUT2D eigenvalue weighted by Crippen LogP contribution is -2.09. The van der Waals surface area contributed by atoms with E-state index in [1.165, 1.54) is 0 Å². The summed E-state index contributed by atoms with van der Waals surface area (Å²) in [6, 6.07) is 5.61. The number of nitrogens with zero attached hydrogens (tertiary/aromatic N) is 2. The highest BCUT2D eigenvalue weighted by atomic mass is 79.9. The molecule has 94 valence electrons. The van der Waals surface area contributed by atoms with Crippen LogP contribution in [0.15, 0.2) is 27.2 Å². The van der Waals surface area contributed by atoms with Gasteiger partial charge in [0.05, 0.1) is 6.54 Å². The highest BCUT2D eigenvalue weighted by molar-refractivity contribution is 9.10. The van der Waals surface area contributed by atoms with Crippen LogP contribution in [0.25, 0.3) is 0 Å². The molecule has 0 saturated carbocycles. The molecule has 0 radical (unpaired) electrons. The van der Waals surface area contributed by atoms with Crippen molar-refractivity contribution in [1.82, 2.24) is 10.1 Å². The molecule has 0 amide bonds. The minimum atomic E-state index is 0.370. The molecule has 7 heteroatoms. The SMILES string of the molecule is Cc1noc(CNc2ccc(C(N)=S)cc2Br)n1. The minimum absolute atomic E-state index is 0.370. The van der Waals surface area contributed by atoms with E-state index in [0.29, 0.717) is 23.2 Å². The summed E-state index contributed by atoms with van der Waals surface area (Å²) in [6.07, 6.45) is 0. The Morgan fingerprint density at radius 1 is 1.56 bits per heavy atom. The van der Waals surface area contributed by atoms with Crippen LogP contribution in [0.1, 0.15) is 17.3 Å². The number of anilines is 1. The summed E-state index contributed by atoms with van der Waals surface area (Å²) in [7, 11) is 0. The summed E-state index contributed by atoms with van der Waals surface area (Å²) in [5.41, 5.74) is 7.28. The maximum absolute atomic E-state index is 5.56. The molecule has 1 heterocycles. The van der Waals surface area contributed by atoms with Crippen LogP contribution in [0.2, 0.25) is 0 Å². The van der Waals surface area contributed by atoms with E-state index in [1.54, 1.807) is 6.92 Å². The van der Waals surface area contributed by atoms with Crippen molar-refractivity contribution in [2.75, 3.05) is 5.32 Å². The largest absolute Gasteiger partial charge is 0.389 e. The van der Waals surface area contributed by atoms with Gasteiger partial charge in [-0.25, -0.2) is 0 Å². The minimum Gasteiger partial charge on any atom is -0.389 e. The lowest BCUT2D eigenvalue weighted by molar-refractivity contribution is 0.379. The van der Waals surface area contributed by atoms with Crippen LogP contribution in [0.3, 0.4) is 0 Å². The number of hydrogen-bond donors (Lipinski definition) is 2. The van der Waals surface area contributed by atoms with Gasteiger partial charge in [0.15, 0.2) is 5.82 Å². The number of aryl methyl sites for hydroxylation is 1. The molecular formula is C11H11BrN4OS. The zero-order chi connectivity index (χ0) is 13.1. The van der Waals surface area contributed by atoms with Crippen molar-refractivity contribution >= 4 is 38.8 Å². The molecule has 18 heavy (non-hydrogen) atoms. The number of halogens is 1. The number of aromatic nitrogens is 2. The van der Waals surface area contributed by atoms with Gasteiger partial charge in [-0.1, -0.05) is 17.4 Å². The molecule has 0 fully saturated rings. The van der Waals surface area contributed by atoms with E-state index >= 15 is 0 Å². The third kappa shape index (κ3) is 3.05. The van der Waals surface area contributed by atoms with Crippen molar-refractivity contribution in [1.29, 1.82) is 0 Å². The second-order valence-electron chi connectivity index (χ2n) is 3.65. The fourth-order valence-electron chi connectivity index (χ4n) is 1.39. The zero-order valence-corrected chi connectivity index (χ0v) is 12.0. The third-order valence-electron chi connectivity index (χ3n) is 2.25. The number of thiocarbonyl (C=S) groups is 1. The predicted octanol–water partition coefficient (Wildman–Crippen LogP) is 2.39. The Morgan fingerprint density at radius 2 is 2.33 bits per heavy atom. The predicted molar refractivity (Wildman–Crippen MR) is 76.4 cm³/mol. The molecule has 0 bridgehead atoms. The number of nitrogens with two attached hydrogens (primary N) is 1. The van der Waals surface area contributed by atoms with Gasteiger partial charge in [-0.05, 0) is 41.1 Å². The Balaban J connectivity index is 2.08. The molecule has 3 N–H and O–H groups in total. The number of nitrogens with one attached hydrogen (secondary N) is 1. The van der Waals surface area contributed by atoms with E-state index in [0.717, 1.165) is 15.7 Å². The molecule has 0 aliphatic heterocycles. The van der Waals surface area contributed by atoms with Crippen LogP contribution in [-0.2, 0) is 6.54 Å². The van der Waals surface area contributed by atoms with E-state index in [2.05, 4.69) is 31.4 Å². The molecule has 1 aromatic heterocycles. The summed E-state index contributed by atoms with van der Waals surface area (Å²) < 4.78 is 5.89. The first-order valence-corrected chi connectivity index (χ1v) is 6.39. The van der Waals surface area contributed by atoms with E-state index in [1.807, 2.05) is 18.2 Å². The van der Waals surface area contributed by atoms with Gasteiger partial charge in [0.1, 0.15) is 4.99 Å². The summed E-state index contributed by atoms with van der Waals surface area (Å²) in [5, 5.41) is 6.90. The fourth-order valence-corrected chi connectivity index (χ4v) is 2.04. The van der Waals surface area contributed by atoms with Gasteiger partial charge >= 0.3 is 0 Å². The first-order chi connectivity index (χ1) is 8.56. The van der Waals surface area contributed by atoms with Crippen molar-refractivity contribution in [2.24, 2.45) is 5.73 Å². The molecule has 0 atom stereocenters. The van der Waals surface area contributed by atoms with Crippen molar-refractivity contribution in [3.63, 3.8) is 0 Å². The van der Waals surface area contributed by atoms with E-state index in [-0.39, 0.29) is 0 Å². The van der Waals surface area contributed by atoms with E-state index in [9.17, 15) is 0 Å². The smallest absolute Gasteiger partial charge is 0.245 e. The maximum Gasteiger partial charge on any atom is 0.245 e. The monoisotopic (exact) mass is 326 g/mol. The van der Waals surface area contributed by atoms with Crippen LogP contribution in [0.5, 0.6) is 0 Å². The van der Waals surface area contributed by atoms with Gasteiger partial charge in [0, 0.05) is 15.7 Å². The van der Waals surface area contributed by atoms with Gasteiger partial charge in [-0.3, -0.25) is 0 Å². The molecule has 0 spiro atoms. The van der Waals surface area contributed by atoms with Crippen LogP contribution in [-0.4, -0.2) is 15.1 Å². The lowest BCUT2D eigenvalue weighted by atomic mass is 10.2. The average molecular weight is 327 g/mol. The lowest BCUT2D eigenvalue weighted by Gasteiger charge is -2.07. The van der Waals surface area contributed by atoms with Crippen molar-refractivity contribution in [3.8, 4) is 0 Å². The Labute approximate surface area is 118 Å². The molecule has 5 nitrogen and oxygen atoms in total. The molecule has 2 rings (SSSR count). The molecule has 0 saturated heterocycles. The number of rotatable bonds is 4. The van der Waals surface area contributed by atoms with Crippen LogP contribution in [0, 0.1) is 6.92 Å². The Bertz CT molecular complexity index is 584. The van der Waals surface area contributed by atoms with Crippen LogP contribution in [0.4, 0.5) is 5.69 Å². The zero-order valence-electron chi connectivity index (χ0n) is 9.61. The van der Waals surface area contributed by atoms with Gasteiger partial charge in [-0.15, -0.1) is 0 Å². The maximum atomic E-state index is 5.56. The van der Waals surface area contributed by atoms with Gasteiger partial charge < -0.3 is 15.6 Å². The molecule has 0 aliphatic rings. The Hall–Kier alpha value is -1.47. The summed E-state index contributed by atoms with van der Waals surface area (Å²) in [5.74, 6) is 1.16. The Morgan fingerprint density at radius 3 is 2.89 bits per heavy atom. The quantitative estimate of drug-likeness (QED) is 0.840. The molecule has 0 unspecified atom stereocenters. The standard InChI is InChI=1S/C11H11BrN4OS/c1-6-15-10(17-16-6)5-14-9-3-2-7(11(13)18)4-8(9)12/h2-4,14H,5H2,1H3,(H2,13,18). The van der Waals surface area contributed by atoms with Crippen molar-refractivity contribution < 1.29 is 4.52 Å². The van der Waals surface area contributed by atoms with E-state index < -0.39 is 0 Å². The van der Waals surface area contributed by atoms with E-state index in [4.69, 9.17) is 22.5 Å². The molecular weight excluding hydrogens is 316 g/mol. The highest BCUT2D eigenvalue weighted by Crippen LogP contribution is 2.24. The third-order valence-corrected chi connectivity index (χ3v) is 3.15. The van der Waals surface area contributed by atoms with Crippen LogP contribution >= 0.6 is 28.1 Å². The average Bonchev–Trinajstić information content (AvgIpc) is 2.73. The summed E-state index contributed by atoms with van der Waals surface area (Å²) in [4.78, 5) is 4.47. The number of benzene rings is 1. The molecule has 2 aromatic rings. The van der Waals surface area contributed by atoms with Gasteiger partial charge in [-0.2, -0.15) is 4.98 Å². The molecule has 1 aromatic carbocycles. The van der Waals surface area contributed by atoms with Crippen LogP contribution < -0.4 is 11.1 Å². The first-order valence-electron chi connectivity index (χ1n) is 5.18. The summed E-state index contributed by atoms with van der Waals surface area (Å²) >= 11 is 8.36. The Kier molecular flexibility index (Phi) is 3.93. The first kappa shape index (κ1) is 13.0. The highest BCUT2D eigenvalue weighted by Gasteiger charge is 2.06. The topological polar surface area (TPSA) is 77.0 Å². The second kappa shape index (κ2) is 5.45. The fraction of sp³-hybridized carbons (Fsp3) is 0.182. The number of hydrogen-bond acceptors (Lipinski definition) is 5. The van der Waals surface area contributed by atoms with Gasteiger partial charge in [0.25, 0.3) is 0 Å². The van der Waals surface area contributed by atoms with Crippen molar-refractivity contribution in [2.45, 2.75) is 13.5 Å². The van der Waals surface area contributed by atoms with Gasteiger partial charge in [0.2, 0.25) is 5.89 Å². The summed E-state index contributed by atoms with van der Waals surface area (Å²) in [6.45, 7) is 2.24. The van der Waals surface area contributed by atoms with Crippen molar-refractivity contribution in [3.05, 3.63) is 40.0 Å². The second-order valence-corrected chi connectivity index (χ2v) is 4.94. The molecule has 0 aliphatic carbocycles. The normalized spacial score (nSPS) is 10.3.